The molecule has 22 heavy (non-hydrogen) atoms. The lowest BCUT2D eigenvalue weighted by molar-refractivity contribution is -0.0900. The van der Waals surface area contributed by atoms with Crippen LogP contribution in [0.25, 0.3) is 0 Å². The Morgan fingerprint density at radius 2 is 1.59 bits per heavy atom. The molecule has 0 aromatic heterocycles. The van der Waals surface area contributed by atoms with Crippen LogP contribution in [-0.4, -0.2) is 46.6 Å². The van der Waals surface area contributed by atoms with Gasteiger partial charge >= 0.3 is 0 Å². The summed E-state index contributed by atoms with van der Waals surface area (Å²) in [4.78, 5) is 0. The number of ether oxygens (including phenoxy) is 2. The molecule has 1 rings (SSSR count). The zero-order valence-electron chi connectivity index (χ0n) is 15.5. The largest absolute Gasteiger partial charge is 0.418 e. The first-order valence-electron chi connectivity index (χ1n) is 8.88. The average Bonchev–Trinajstić information content (AvgIpc) is 2.35. The van der Waals surface area contributed by atoms with Gasteiger partial charge < -0.3 is 19.2 Å². The summed E-state index contributed by atoms with van der Waals surface area (Å²) in [5.74, 6) is 0.720. The van der Waals surface area contributed by atoms with Gasteiger partial charge in [-0.2, -0.15) is 0 Å². The SMILES string of the molecule is CCOC(OCC)[SiH2]OCCCC1CC(C)(C)NC(C)(C)C1. The molecule has 1 saturated heterocycles. The fourth-order valence-electron chi connectivity index (χ4n) is 3.91. The molecule has 0 bridgehead atoms. The van der Waals surface area contributed by atoms with Crippen molar-refractivity contribution in [3.63, 3.8) is 0 Å². The molecule has 0 aromatic rings. The van der Waals surface area contributed by atoms with E-state index >= 15 is 0 Å². The fraction of sp³-hybridized carbons (Fsp3) is 1.00. The Hall–Kier alpha value is 0.0569. The standard InChI is InChI=1S/C17H37NO3Si/c1-7-19-15(20-8-2)22-21-11-9-10-14-12-16(3,4)18-17(5,6)13-14/h14-15,18H,7-13,22H2,1-6H3. The molecule has 0 radical (unpaired) electrons. The molecule has 1 N–H and O–H groups in total. The van der Waals surface area contributed by atoms with Crippen LogP contribution < -0.4 is 5.32 Å². The minimum absolute atomic E-state index is 0.0771. The van der Waals surface area contributed by atoms with E-state index in [0.717, 1.165) is 18.9 Å². The third-order valence-electron chi connectivity index (χ3n) is 4.13. The zero-order valence-corrected chi connectivity index (χ0v) is 17.0. The molecule has 0 aromatic carbocycles. The normalized spacial score (nSPS) is 22.0. The summed E-state index contributed by atoms with van der Waals surface area (Å²) in [5.41, 5.74) is 0.494. The van der Waals surface area contributed by atoms with Crippen molar-refractivity contribution >= 4 is 9.76 Å². The van der Waals surface area contributed by atoms with E-state index in [9.17, 15) is 0 Å². The first-order chi connectivity index (χ1) is 10.3. The Labute approximate surface area is 139 Å². The molecule has 1 aliphatic heterocycles. The molecule has 0 saturated carbocycles. The van der Waals surface area contributed by atoms with Gasteiger partial charge in [-0.15, -0.1) is 0 Å². The minimum Gasteiger partial charge on any atom is -0.418 e. The minimum atomic E-state index is -0.746. The molecule has 132 valence electrons. The maximum atomic E-state index is 5.87. The van der Waals surface area contributed by atoms with Gasteiger partial charge in [-0.1, -0.05) is 0 Å². The molecule has 1 aliphatic rings. The third-order valence-corrected chi connectivity index (χ3v) is 5.40. The van der Waals surface area contributed by atoms with Crippen molar-refractivity contribution in [1.82, 2.24) is 5.32 Å². The second-order valence-electron chi connectivity index (χ2n) is 7.72. The monoisotopic (exact) mass is 331 g/mol. The predicted molar refractivity (Wildman–Crippen MR) is 94.8 cm³/mol. The van der Waals surface area contributed by atoms with Gasteiger partial charge in [-0.25, -0.2) is 0 Å². The van der Waals surface area contributed by atoms with Crippen LogP contribution in [-0.2, 0) is 13.9 Å². The molecule has 4 nitrogen and oxygen atoms in total. The van der Waals surface area contributed by atoms with Crippen molar-refractivity contribution in [3.05, 3.63) is 0 Å². The summed E-state index contributed by atoms with van der Waals surface area (Å²) in [6.45, 7) is 15.5. The Balaban J connectivity index is 2.21. The van der Waals surface area contributed by atoms with Crippen LogP contribution in [0.3, 0.4) is 0 Å². The molecule has 0 aliphatic carbocycles. The number of hydrogen-bond acceptors (Lipinski definition) is 4. The van der Waals surface area contributed by atoms with Crippen molar-refractivity contribution in [2.75, 3.05) is 19.8 Å². The molecule has 0 atom stereocenters. The van der Waals surface area contributed by atoms with E-state index in [0.29, 0.717) is 13.2 Å². The summed E-state index contributed by atoms with van der Waals surface area (Å²) >= 11 is 0. The van der Waals surface area contributed by atoms with Crippen LogP contribution in [0.15, 0.2) is 0 Å². The van der Waals surface area contributed by atoms with Crippen molar-refractivity contribution in [1.29, 1.82) is 0 Å². The smallest absolute Gasteiger partial charge is 0.223 e. The quantitative estimate of drug-likeness (QED) is 0.380. The van der Waals surface area contributed by atoms with Gasteiger partial charge in [0, 0.05) is 30.9 Å². The molecule has 1 heterocycles. The van der Waals surface area contributed by atoms with Gasteiger partial charge in [0.1, 0.15) is 0 Å². The third kappa shape index (κ3) is 8.06. The summed E-state index contributed by atoms with van der Waals surface area (Å²) in [6.07, 6.45) is 4.93. The Kier molecular flexibility index (Phi) is 8.57. The van der Waals surface area contributed by atoms with Crippen LogP contribution in [0.5, 0.6) is 0 Å². The molecule has 0 amide bonds. The Morgan fingerprint density at radius 1 is 1.05 bits per heavy atom. The lowest BCUT2D eigenvalue weighted by atomic mass is 9.74. The highest BCUT2D eigenvalue weighted by Crippen LogP contribution is 2.35. The predicted octanol–water partition coefficient (Wildman–Crippen LogP) is 2.78. The average molecular weight is 332 g/mol. The number of piperidine rings is 1. The van der Waals surface area contributed by atoms with Crippen LogP contribution in [0.1, 0.15) is 67.2 Å². The second kappa shape index (κ2) is 9.38. The first kappa shape index (κ1) is 20.1. The van der Waals surface area contributed by atoms with E-state index in [1.54, 1.807) is 0 Å². The second-order valence-corrected chi connectivity index (χ2v) is 9.13. The van der Waals surface area contributed by atoms with E-state index in [2.05, 4.69) is 33.0 Å². The molecule has 0 unspecified atom stereocenters. The molecule has 0 spiro atoms. The zero-order chi connectivity index (χ0) is 16.6. The lowest BCUT2D eigenvalue weighted by Gasteiger charge is -2.46. The van der Waals surface area contributed by atoms with Gasteiger partial charge in [0.25, 0.3) is 0 Å². The summed E-state index contributed by atoms with van der Waals surface area (Å²) in [6, 6.07) is 0. The van der Waals surface area contributed by atoms with Crippen molar-refractivity contribution in [3.8, 4) is 0 Å². The highest BCUT2D eigenvalue weighted by Gasteiger charge is 2.37. The van der Waals surface area contributed by atoms with Crippen molar-refractivity contribution < 1.29 is 13.9 Å². The summed E-state index contributed by atoms with van der Waals surface area (Å²) in [5, 5.41) is 3.75. The van der Waals surface area contributed by atoms with E-state index in [4.69, 9.17) is 13.9 Å². The van der Waals surface area contributed by atoms with Gasteiger partial charge in [0.2, 0.25) is 9.76 Å². The highest BCUT2D eigenvalue weighted by molar-refractivity contribution is 6.28. The Bertz CT molecular complexity index is 288. The van der Waals surface area contributed by atoms with Crippen LogP contribution in [0.2, 0.25) is 0 Å². The van der Waals surface area contributed by atoms with E-state index < -0.39 is 9.76 Å². The van der Waals surface area contributed by atoms with E-state index in [-0.39, 0.29) is 17.0 Å². The summed E-state index contributed by atoms with van der Waals surface area (Å²) < 4.78 is 16.9. The van der Waals surface area contributed by atoms with E-state index in [1.165, 1.54) is 19.3 Å². The highest BCUT2D eigenvalue weighted by atomic mass is 28.2. The van der Waals surface area contributed by atoms with Gasteiger partial charge in [0.15, 0.2) is 5.91 Å². The lowest BCUT2D eigenvalue weighted by Crippen LogP contribution is -2.57. The molecule has 5 heteroatoms. The van der Waals surface area contributed by atoms with Crippen LogP contribution >= 0.6 is 0 Å². The molecular formula is C17H37NO3Si. The Morgan fingerprint density at radius 3 is 2.09 bits per heavy atom. The summed E-state index contributed by atoms with van der Waals surface area (Å²) in [7, 11) is -0.746. The van der Waals surface area contributed by atoms with Gasteiger partial charge in [-0.3, -0.25) is 0 Å². The van der Waals surface area contributed by atoms with Crippen molar-refractivity contribution in [2.45, 2.75) is 84.2 Å². The number of hydrogen-bond donors (Lipinski definition) is 1. The van der Waals surface area contributed by atoms with Crippen molar-refractivity contribution in [2.24, 2.45) is 5.92 Å². The van der Waals surface area contributed by atoms with Gasteiger partial charge in [0.05, 0.1) is 0 Å². The van der Waals surface area contributed by atoms with Gasteiger partial charge in [-0.05, 0) is 73.1 Å². The number of nitrogens with one attached hydrogen (secondary N) is 1. The van der Waals surface area contributed by atoms with Crippen LogP contribution in [0.4, 0.5) is 0 Å². The molecule has 1 fully saturated rings. The first-order valence-corrected chi connectivity index (χ1v) is 10.3. The van der Waals surface area contributed by atoms with E-state index in [1.807, 2.05) is 13.8 Å². The fourth-order valence-corrected chi connectivity index (χ4v) is 5.13. The maximum absolute atomic E-state index is 5.87. The molecular weight excluding hydrogens is 294 g/mol. The maximum Gasteiger partial charge on any atom is 0.223 e. The topological polar surface area (TPSA) is 39.7 Å². The number of rotatable bonds is 10. The van der Waals surface area contributed by atoms with Crippen LogP contribution in [0, 0.1) is 5.92 Å².